The van der Waals surface area contributed by atoms with Crippen molar-refractivity contribution in [1.29, 1.82) is 0 Å². The van der Waals surface area contributed by atoms with E-state index in [2.05, 4.69) is 10.1 Å². The normalized spacial score (nSPS) is 17.3. The second-order valence-electron chi connectivity index (χ2n) is 5.54. The van der Waals surface area contributed by atoms with Gasteiger partial charge in [-0.3, -0.25) is 9.48 Å². The maximum atomic E-state index is 12.3. The highest BCUT2D eigenvalue weighted by atomic mass is 16.3. The predicted molar refractivity (Wildman–Crippen MR) is 74.4 cm³/mol. The summed E-state index contributed by atoms with van der Waals surface area (Å²) < 4.78 is 1.71. The molecule has 0 saturated carbocycles. The van der Waals surface area contributed by atoms with Crippen LogP contribution in [-0.2, 0) is 7.05 Å². The van der Waals surface area contributed by atoms with Crippen molar-refractivity contribution in [3.05, 3.63) is 23.5 Å². The fraction of sp³-hybridized carbons (Fsp3) is 0.500. The van der Waals surface area contributed by atoms with Crippen molar-refractivity contribution in [1.82, 2.24) is 19.7 Å². The molecule has 0 radical (unpaired) electrons. The molecule has 1 aliphatic heterocycles. The summed E-state index contributed by atoms with van der Waals surface area (Å²) in [5, 5.41) is 15.2. The third kappa shape index (κ3) is 1.87. The molecule has 0 spiro atoms. The SMILES string of the molecule is CCC1(O)CN(C(=O)c2cnc3c(c2)c(C)nn3C)C1. The largest absolute Gasteiger partial charge is 0.386 e. The quantitative estimate of drug-likeness (QED) is 0.882. The fourth-order valence-corrected chi connectivity index (χ4v) is 2.64. The molecule has 1 saturated heterocycles. The molecule has 20 heavy (non-hydrogen) atoms. The first-order chi connectivity index (χ1) is 9.43. The van der Waals surface area contributed by atoms with Crippen LogP contribution in [0.2, 0.25) is 0 Å². The molecule has 6 heteroatoms. The molecule has 1 amide bonds. The lowest BCUT2D eigenvalue weighted by molar-refractivity contribution is -0.0826. The number of carbonyl (C=O) groups is 1. The van der Waals surface area contributed by atoms with E-state index in [-0.39, 0.29) is 5.91 Å². The number of rotatable bonds is 2. The monoisotopic (exact) mass is 274 g/mol. The van der Waals surface area contributed by atoms with Crippen LogP contribution in [0, 0.1) is 6.92 Å². The number of likely N-dealkylation sites (tertiary alicyclic amines) is 1. The topological polar surface area (TPSA) is 71.2 Å². The van der Waals surface area contributed by atoms with Gasteiger partial charge in [0.1, 0.15) is 0 Å². The van der Waals surface area contributed by atoms with Crippen LogP contribution < -0.4 is 0 Å². The van der Waals surface area contributed by atoms with Crippen molar-refractivity contribution >= 4 is 16.9 Å². The summed E-state index contributed by atoms with van der Waals surface area (Å²) in [6.07, 6.45) is 2.24. The number of aliphatic hydroxyl groups is 1. The van der Waals surface area contributed by atoms with E-state index in [1.54, 1.807) is 15.8 Å². The number of pyridine rings is 1. The van der Waals surface area contributed by atoms with Crippen molar-refractivity contribution in [2.45, 2.75) is 25.9 Å². The summed E-state index contributed by atoms with van der Waals surface area (Å²) >= 11 is 0. The van der Waals surface area contributed by atoms with E-state index in [0.29, 0.717) is 25.1 Å². The summed E-state index contributed by atoms with van der Waals surface area (Å²) in [5.74, 6) is -0.0826. The summed E-state index contributed by atoms with van der Waals surface area (Å²) in [4.78, 5) is 18.3. The Kier molecular flexibility index (Phi) is 2.79. The zero-order chi connectivity index (χ0) is 14.5. The smallest absolute Gasteiger partial charge is 0.255 e. The molecule has 2 aromatic rings. The first-order valence-corrected chi connectivity index (χ1v) is 6.74. The molecule has 3 rings (SSSR count). The van der Waals surface area contributed by atoms with Gasteiger partial charge in [0.2, 0.25) is 0 Å². The molecular formula is C14H18N4O2. The summed E-state index contributed by atoms with van der Waals surface area (Å²) in [5.41, 5.74) is 1.47. The van der Waals surface area contributed by atoms with Crippen LogP contribution in [0.3, 0.4) is 0 Å². The molecule has 6 nitrogen and oxygen atoms in total. The van der Waals surface area contributed by atoms with Gasteiger partial charge in [0.25, 0.3) is 5.91 Å². The van der Waals surface area contributed by atoms with Gasteiger partial charge in [0.15, 0.2) is 5.65 Å². The lowest BCUT2D eigenvalue weighted by Crippen LogP contribution is -2.63. The Morgan fingerprint density at radius 2 is 2.20 bits per heavy atom. The number of β-amino-alcohol motifs (C(OH)–C–C–N with tert-alkyl or cyclic N) is 1. The van der Waals surface area contributed by atoms with Gasteiger partial charge in [0, 0.05) is 18.6 Å². The van der Waals surface area contributed by atoms with Crippen LogP contribution in [0.25, 0.3) is 11.0 Å². The molecule has 106 valence electrons. The molecule has 1 aliphatic rings. The Morgan fingerprint density at radius 3 is 2.85 bits per heavy atom. The third-order valence-electron chi connectivity index (χ3n) is 4.03. The Morgan fingerprint density at radius 1 is 1.50 bits per heavy atom. The summed E-state index contributed by atoms with van der Waals surface area (Å²) in [6.45, 7) is 4.62. The summed E-state index contributed by atoms with van der Waals surface area (Å²) in [6, 6.07) is 1.83. The van der Waals surface area contributed by atoms with Gasteiger partial charge < -0.3 is 10.0 Å². The Hall–Kier alpha value is -1.95. The minimum Gasteiger partial charge on any atom is -0.386 e. The molecule has 2 aromatic heterocycles. The molecular weight excluding hydrogens is 256 g/mol. The van der Waals surface area contributed by atoms with Gasteiger partial charge in [-0.25, -0.2) is 4.98 Å². The molecule has 0 unspecified atom stereocenters. The van der Waals surface area contributed by atoms with Gasteiger partial charge in [-0.1, -0.05) is 6.92 Å². The highest BCUT2D eigenvalue weighted by molar-refractivity contribution is 5.97. The number of hydrogen-bond donors (Lipinski definition) is 1. The van der Waals surface area contributed by atoms with Crippen molar-refractivity contribution in [2.24, 2.45) is 7.05 Å². The number of hydrogen-bond acceptors (Lipinski definition) is 4. The number of amides is 1. The number of aromatic nitrogens is 3. The number of aryl methyl sites for hydroxylation is 2. The highest BCUT2D eigenvalue weighted by Crippen LogP contribution is 2.26. The number of nitrogens with zero attached hydrogens (tertiary/aromatic N) is 4. The Labute approximate surface area is 117 Å². The molecule has 1 N–H and O–H groups in total. The van der Waals surface area contributed by atoms with E-state index < -0.39 is 5.60 Å². The summed E-state index contributed by atoms with van der Waals surface area (Å²) in [7, 11) is 1.83. The number of fused-ring (bicyclic) bond motifs is 1. The Balaban J connectivity index is 1.88. The van der Waals surface area contributed by atoms with E-state index in [9.17, 15) is 9.90 Å². The lowest BCUT2D eigenvalue weighted by atomic mass is 9.91. The van der Waals surface area contributed by atoms with Crippen molar-refractivity contribution in [2.75, 3.05) is 13.1 Å². The highest BCUT2D eigenvalue weighted by Gasteiger charge is 2.42. The van der Waals surface area contributed by atoms with Crippen LogP contribution in [0.4, 0.5) is 0 Å². The van der Waals surface area contributed by atoms with E-state index in [0.717, 1.165) is 16.7 Å². The van der Waals surface area contributed by atoms with Crippen molar-refractivity contribution in [3.8, 4) is 0 Å². The average Bonchev–Trinajstić information content (AvgIpc) is 2.69. The van der Waals surface area contributed by atoms with Crippen LogP contribution in [0.5, 0.6) is 0 Å². The van der Waals surface area contributed by atoms with Crippen molar-refractivity contribution < 1.29 is 9.90 Å². The molecule has 0 aromatic carbocycles. The second-order valence-corrected chi connectivity index (χ2v) is 5.54. The van der Waals surface area contributed by atoms with E-state index in [4.69, 9.17) is 0 Å². The Bertz CT molecular complexity index is 686. The minimum absolute atomic E-state index is 0.0826. The first kappa shape index (κ1) is 13.1. The van der Waals surface area contributed by atoms with Gasteiger partial charge in [-0.05, 0) is 19.4 Å². The van der Waals surface area contributed by atoms with E-state index in [1.165, 1.54) is 0 Å². The molecule has 3 heterocycles. The maximum Gasteiger partial charge on any atom is 0.255 e. The van der Waals surface area contributed by atoms with Crippen LogP contribution in [0.1, 0.15) is 29.4 Å². The molecule has 1 fully saturated rings. The zero-order valence-electron chi connectivity index (χ0n) is 11.9. The molecule has 0 bridgehead atoms. The van der Waals surface area contributed by atoms with Crippen LogP contribution >= 0.6 is 0 Å². The van der Waals surface area contributed by atoms with Gasteiger partial charge in [-0.15, -0.1) is 0 Å². The zero-order valence-corrected chi connectivity index (χ0v) is 11.9. The predicted octanol–water partition coefficient (Wildman–Crippen LogP) is 0.874. The van der Waals surface area contributed by atoms with Crippen LogP contribution in [0.15, 0.2) is 12.3 Å². The van der Waals surface area contributed by atoms with Crippen LogP contribution in [-0.4, -0.2) is 49.4 Å². The molecule has 0 atom stereocenters. The minimum atomic E-state index is -0.711. The van der Waals surface area contributed by atoms with Gasteiger partial charge >= 0.3 is 0 Å². The standard InChI is InChI=1S/C14H18N4O2/c1-4-14(20)7-18(8-14)13(19)10-5-11-9(2)16-17(3)12(11)15-6-10/h5-6,20H,4,7-8H2,1-3H3. The van der Waals surface area contributed by atoms with Crippen molar-refractivity contribution in [3.63, 3.8) is 0 Å². The average molecular weight is 274 g/mol. The fourth-order valence-electron chi connectivity index (χ4n) is 2.64. The maximum absolute atomic E-state index is 12.3. The van der Waals surface area contributed by atoms with E-state index >= 15 is 0 Å². The van der Waals surface area contributed by atoms with E-state index in [1.807, 2.05) is 27.0 Å². The third-order valence-corrected chi connectivity index (χ3v) is 4.03. The first-order valence-electron chi connectivity index (χ1n) is 6.74. The second kappa shape index (κ2) is 4.28. The lowest BCUT2D eigenvalue weighted by Gasteiger charge is -2.46. The van der Waals surface area contributed by atoms with Gasteiger partial charge in [0.05, 0.1) is 29.9 Å². The number of carbonyl (C=O) groups excluding carboxylic acids is 1. The van der Waals surface area contributed by atoms with Gasteiger partial charge in [-0.2, -0.15) is 5.10 Å². The molecule has 0 aliphatic carbocycles.